The molecule has 0 aromatic rings. The van der Waals surface area contributed by atoms with Crippen molar-refractivity contribution in [2.75, 3.05) is 0 Å². The number of fused-ring (bicyclic) bond motifs is 2. The van der Waals surface area contributed by atoms with Gasteiger partial charge in [0.1, 0.15) is 0 Å². The molecule has 0 unspecified atom stereocenters. The fraction of sp³-hybridized carbons (Fsp3) is 0.762. The van der Waals surface area contributed by atoms with Crippen LogP contribution in [0.15, 0.2) is 22.8 Å². The highest BCUT2D eigenvalue weighted by atomic mass is 28.4. The molecule has 0 radical (unpaired) electrons. The Labute approximate surface area is 148 Å². The predicted molar refractivity (Wildman–Crippen MR) is 102 cm³/mol. The van der Waals surface area contributed by atoms with E-state index in [2.05, 4.69) is 54.6 Å². The van der Waals surface area contributed by atoms with Gasteiger partial charge < -0.3 is 4.43 Å². The molecule has 3 rings (SSSR count). The van der Waals surface area contributed by atoms with E-state index in [9.17, 15) is 4.79 Å². The van der Waals surface area contributed by atoms with Gasteiger partial charge in [-0.15, -0.1) is 0 Å². The lowest BCUT2D eigenvalue weighted by molar-refractivity contribution is -0.113. The largest absolute Gasteiger partial charge is 0.413 e. The summed E-state index contributed by atoms with van der Waals surface area (Å²) in [7, 11) is -1.82. The van der Waals surface area contributed by atoms with E-state index in [4.69, 9.17) is 4.43 Å². The molecule has 24 heavy (non-hydrogen) atoms. The van der Waals surface area contributed by atoms with Crippen LogP contribution in [0.4, 0.5) is 0 Å². The molecule has 2 nitrogen and oxygen atoms in total. The van der Waals surface area contributed by atoms with Crippen molar-refractivity contribution in [1.29, 1.82) is 0 Å². The molecule has 3 aliphatic rings. The minimum atomic E-state index is -1.82. The second-order valence-electron chi connectivity index (χ2n) is 10.5. The Morgan fingerprint density at radius 1 is 1.25 bits per heavy atom. The van der Waals surface area contributed by atoms with Crippen molar-refractivity contribution >= 4 is 14.1 Å². The van der Waals surface area contributed by atoms with Gasteiger partial charge in [0, 0.05) is 12.3 Å². The van der Waals surface area contributed by atoms with E-state index in [1.807, 2.05) is 6.08 Å². The van der Waals surface area contributed by atoms with Gasteiger partial charge in [-0.3, -0.25) is 4.79 Å². The normalized spacial score (nSPS) is 32.8. The molecule has 0 N–H and O–H groups in total. The van der Waals surface area contributed by atoms with Crippen molar-refractivity contribution in [3.63, 3.8) is 0 Å². The van der Waals surface area contributed by atoms with Gasteiger partial charge in [-0.1, -0.05) is 40.2 Å². The number of rotatable bonds is 2. The summed E-state index contributed by atoms with van der Waals surface area (Å²) in [6.45, 7) is 18.7. The van der Waals surface area contributed by atoms with E-state index in [1.165, 1.54) is 23.1 Å². The van der Waals surface area contributed by atoms with Gasteiger partial charge in [-0.2, -0.15) is 0 Å². The summed E-state index contributed by atoms with van der Waals surface area (Å²) in [5.41, 5.74) is 4.30. The molecule has 0 aliphatic heterocycles. The number of carbonyl (C=O) groups is 1. The molecular formula is C21H34O2Si. The number of ketones is 1. The number of allylic oxidation sites excluding steroid dienone is 3. The number of hydrogen-bond acceptors (Lipinski definition) is 2. The summed E-state index contributed by atoms with van der Waals surface area (Å²) in [5.74, 6) is 1.42. The third-order valence-electron chi connectivity index (χ3n) is 7.15. The fourth-order valence-electron chi connectivity index (χ4n) is 4.84. The summed E-state index contributed by atoms with van der Waals surface area (Å²) in [4.78, 5) is 11.9. The molecular weight excluding hydrogens is 312 g/mol. The van der Waals surface area contributed by atoms with E-state index in [0.29, 0.717) is 24.0 Å². The van der Waals surface area contributed by atoms with Crippen LogP contribution in [0, 0.1) is 17.3 Å². The number of carbonyl (C=O) groups excluding carboxylic acids is 1. The zero-order valence-corrected chi connectivity index (χ0v) is 17.7. The maximum absolute atomic E-state index is 11.9. The van der Waals surface area contributed by atoms with Crippen LogP contribution in [-0.4, -0.2) is 20.2 Å². The smallest absolute Gasteiger partial charge is 0.192 e. The Morgan fingerprint density at radius 3 is 2.46 bits per heavy atom. The first-order valence-corrected chi connectivity index (χ1v) is 12.4. The molecule has 0 aromatic carbocycles. The Morgan fingerprint density at radius 2 is 1.88 bits per heavy atom. The van der Waals surface area contributed by atoms with E-state index in [1.54, 1.807) is 0 Å². The van der Waals surface area contributed by atoms with Gasteiger partial charge in [0.2, 0.25) is 0 Å². The Hall–Kier alpha value is -0.673. The van der Waals surface area contributed by atoms with Crippen molar-refractivity contribution in [2.24, 2.45) is 17.3 Å². The van der Waals surface area contributed by atoms with E-state index in [0.717, 1.165) is 6.42 Å². The molecule has 3 atom stereocenters. The Kier molecular flexibility index (Phi) is 4.09. The maximum Gasteiger partial charge on any atom is 0.192 e. The summed E-state index contributed by atoms with van der Waals surface area (Å²) in [5, 5.41) is 0.227. The first-order chi connectivity index (χ1) is 10.8. The van der Waals surface area contributed by atoms with E-state index < -0.39 is 8.32 Å². The van der Waals surface area contributed by atoms with Gasteiger partial charge >= 0.3 is 0 Å². The minimum absolute atomic E-state index is 0.204. The molecule has 0 heterocycles. The first-order valence-electron chi connectivity index (χ1n) is 9.45. The van der Waals surface area contributed by atoms with Crippen LogP contribution in [0.2, 0.25) is 18.1 Å². The van der Waals surface area contributed by atoms with Crippen LogP contribution in [-0.2, 0) is 9.22 Å². The highest BCUT2D eigenvalue weighted by molar-refractivity contribution is 6.74. The van der Waals surface area contributed by atoms with Crippen LogP contribution in [0.1, 0.15) is 60.8 Å². The average molecular weight is 347 g/mol. The lowest BCUT2D eigenvalue weighted by Crippen LogP contribution is -2.48. The van der Waals surface area contributed by atoms with Gasteiger partial charge in [-0.05, 0) is 66.5 Å². The summed E-state index contributed by atoms with van der Waals surface area (Å²) in [6, 6.07) is 0. The molecule has 0 saturated heterocycles. The van der Waals surface area contributed by atoms with Crippen LogP contribution in [0.25, 0.3) is 0 Å². The lowest BCUT2D eigenvalue weighted by atomic mass is 9.75. The first kappa shape index (κ1) is 18.1. The Bertz CT molecular complexity index is 631. The standard InChI is InChI=1S/C21H34O2Si/c1-13-17-11-16(22)10-14(17)9-15-12-21(5,6)19(18(13)15)23-24(7,8)20(2,3)4/h10,15,18-19H,9,11-12H2,1-8H3/t15-,18-,19+/m0/s1. The van der Waals surface area contributed by atoms with Crippen LogP contribution in [0.5, 0.6) is 0 Å². The van der Waals surface area contributed by atoms with Crippen LogP contribution < -0.4 is 0 Å². The van der Waals surface area contributed by atoms with Crippen molar-refractivity contribution in [2.45, 2.75) is 85.0 Å². The van der Waals surface area contributed by atoms with Gasteiger partial charge in [-0.25, -0.2) is 0 Å². The zero-order chi connectivity index (χ0) is 18.1. The van der Waals surface area contributed by atoms with Crippen LogP contribution in [0.3, 0.4) is 0 Å². The van der Waals surface area contributed by atoms with Gasteiger partial charge in [0.05, 0.1) is 6.10 Å². The summed E-state index contributed by atoms with van der Waals surface area (Å²) in [6.07, 6.45) is 5.09. The molecule has 134 valence electrons. The Balaban J connectivity index is 1.98. The zero-order valence-electron chi connectivity index (χ0n) is 16.7. The topological polar surface area (TPSA) is 26.3 Å². The van der Waals surface area contributed by atoms with E-state index >= 15 is 0 Å². The molecule has 1 fully saturated rings. The fourth-order valence-corrected chi connectivity index (χ4v) is 6.29. The van der Waals surface area contributed by atoms with Crippen molar-refractivity contribution < 1.29 is 9.22 Å². The molecule has 0 amide bonds. The monoisotopic (exact) mass is 346 g/mol. The molecule has 0 bridgehead atoms. The second-order valence-corrected chi connectivity index (χ2v) is 15.2. The maximum atomic E-state index is 11.9. The number of hydrogen-bond donors (Lipinski definition) is 0. The third kappa shape index (κ3) is 2.78. The minimum Gasteiger partial charge on any atom is -0.413 e. The highest BCUT2D eigenvalue weighted by Gasteiger charge is 2.54. The highest BCUT2D eigenvalue weighted by Crippen LogP contribution is 2.58. The molecule has 3 heteroatoms. The SMILES string of the molecule is CC1=C2CC(=O)C=C2C[C@H]2CC(C)(C)[C@H](O[Si](C)(C)C(C)(C)C)[C@@H]12. The van der Waals surface area contributed by atoms with Gasteiger partial charge in [0.15, 0.2) is 14.1 Å². The molecule has 1 saturated carbocycles. The van der Waals surface area contributed by atoms with Gasteiger partial charge in [0.25, 0.3) is 0 Å². The molecule has 3 aliphatic carbocycles. The molecule has 0 aromatic heterocycles. The summed E-state index contributed by atoms with van der Waals surface area (Å²) >= 11 is 0. The molecule has 0 spiro atoms. The van der Waals surface area contributed by atoms with E-state index in [-0.39, 0.29) is 16.6 Å². The third-order valence-corrected chi connectivity index (χ3v) is 11.6. The van der Waals surface area contributed by atoms with Crippen LogP contribution >= 0.6 is 0 Å². The summed E-state index contributed by atoms with van der Waals surface area (Å²) < 4.78 is 6.99. The average Bonchev–Trinajstić information content (AvgIpc) is 2.86. The van der Waals surface area contributed by atoms with Crippen molar-refractivity contribution in [1.82, 2.24) is 0 Å². The van der Waals surface area contributed by atoms with Crippen molar-refractivity contribution in [3.05, 3.63) is 22.8 Å². The quantitative estimate of drug-likeness (QED) is 0.603. The second kappa shape index (κ2) is 5.41. The lowest BCUT2D eigenvalue weighted by Gasteiger charge is -2.44. The van der Waals surface area contributed by atoms with Crippen molar-refractivity contribution in [3.8, 4) is 0 Å². The predicted octanol–water partition coefficient (Wildman–Crippen LogP) is 5.66.